The van der Waals surface area contributed by atoms with E-state index >= 15 is 0 Å². The quantitative estimate of drug-likeness (QED) is 0.360. The predicted molar refractivity (Wildman–Crippen MR) is 137 cm³/mol. The first-order valence-electron chi connectivity index (χ1n) is 11.3. The molecule has 1 atom stereocenters. The topological polar surface area (TPSA) is 64.0 Å². The molecule has 1 amide bonds. The van der Waals surface area contributed by atoms with Gasteiger partial charge in [0.2, 0.25) is 5.91 Å². The summed E-state index contributed by atoms with van der Waals surface area (Å²) in [4.78, 5) is 33.3. The minimum Gasteiger partial charge on any atom is -0.324 e. The number of nitrogens with zero attached hydrogens (tertiary/aromatic N) is 2. The second-order valence-corrected chi connectivity index (χ2v) is 9.89. The fraction of sp³-hybridized carbons (Fsp3) is 0.296. The molecule has 0 spiro atoms. The number of thiophene rings is 1. The number of amides is 1. The number of hydrogen-bond donors (Lipinski definition) is 1. The minimum absolute atomic E-state index is 0.181. The molecule has 0 bridgehead atoms. The lowest BCUT2D eigenvalue weighted by Gasteiger charge is -2.20. The summed E-state index contributed by atoms with van der Waals surface area (Å²) in [7, 11) is 0. The van der Waals surface area contributed by atoms with E-state index in [1.54, 1.807) is 0 Å². The Kier molecular flexibility index (Phi) is 6.47. The second kappa shape index (κ2) is 9.32. The van der Waals surface area contributed by atoms with Crippen molar-refractivity contribution in [1.29, 1.82) is 0 Å². The van der Waals surface area contributed by atoms with Crippen molar-refractivity contribution in [2.75, 3.05) is 5.32 Å². The zero-order chi connectivity index (χ0) is 23.7. The van der Waals surface area contributed by atoms with Gasteiger partial charge in [0.05, 0.1) is 11.7 Å². The number of fused-ring (bicyclic) bond motifs is 1. The van der Waals surface area contributed by atoms with E-state index in [1.807, 2.05) is 69.3 Å². The lowest BCUT2D eigenvalue weighted by Crippen LogP contribution is -2.33. The molecule has 2 heterocycles. The lowest BCUT2D eigenvalue weighted by atomic mass is 10.0. The highest BCUT2D eigenvalue weighted by Crippen LogP contribution is 2.36. The SMILES string of the molecule is CCC(C(=O)Nc1ccccc1C(C)C)n1cnc2sc(C)c(-c3ccc(C)cc3)c2c1=O. The van der Waals surface area contributed by atoms with Gasteiger partial charge in [0.25, 0.3) is 5.56 Å². The van der Waals surface area contributed by atoms with Crippen molar-refractivity contribution in [3.05, 3.63) is 81.2 Å². The van der Waals surface area contributed by atoms with Crippen molar-refractivity contribution in [2.24, 2.45) is 0 Å². The van der Waals surface area contributed by atoms with Crippen molar-refractivity contribution >= 4 is 33.1 Å². The van der Waals surface area contributed by atoms with E-state index in [4.69, 9.17) is 0 Å². The van der Waals surface area contributed by atoms with Gasteiger partial charge in [-0.1, -0.05) is 68.8 Å². The van der Waals surface area contributed by atoms with Crippen LogP contribution in [0.5, 0.6) is 0 Å². The average molecular weight is 460 g/mol. The van der Waals surface area contributed by atoms with Crippen molar-refractivity contribution in [2.45, 2.75) is 53.0 Å². The van der Waals surface area contributed by atoms with Gasteiger partial charge in [-0.3, -0.25) is 14.2 Å². The number of hydrogen-bond acceptors (Lipinski definition) is 4. The summed E-state index contributed by atoms with van der Waals surface area (Å²) in [6.07, 6.45) is 1.99. The summed E-state index contributed by atoms with van der Waals surface area (Å²) >= 11 is 1.51. The number of anilines is 1. The zero-order valence-corrected chi connectivity index (χ0v) is 20.5. The van der Waals surface area contributed by atoms with Crippen LogP contribution in [-0.2, 0) is 4.79 Å². The van der Waals surface area contributed by atoms with Crippen molar-refractivity contribution < 1.29 is 4.79 Å². The van der Waals surface area contributed by atoms with Gasteiger partial charge >= 0.3 is 0 Å². The number of aromatic nitrogens is 2. The molecule has 2 aromatic heterocycles. The fourth-order valence-electron chi connectivity index (χ4n) is 4.24. The predicted octanol–water partition coefficient (Wildman–Crippen LogP) is 6.46. The molecule has 0 aliphatic rings. The van der Waals surface area contributed by atoms with E-state index < -0.39 is 6.04 Å². The number of nitrogens with one attached hydrogen (secondary N) is 1. The highest BCUT2D eigenvalue weighted by Gasteiger charge is 2.24. The number of para-hydroxylation sites is 1. The highest BCUT2D eigenvalue weighted by atomic mass is 32.1. The van der Waals surface area contributed by atoms with Gasteiger partial charge in [-0.05, 0) is 43.4 Å². The third kappa shape index (κ3) is 4.35. The Labute approximate surface area is 198 Å². The van der Waals surface area contributed by atoms with E-state index in [9.17, 15) is 9.59 Å². The van der Waals surface area contributed by atoms with Crippen LogP contribution in [0.3, 0.4) is 0 Å². The zero-order valence-electron chi connectivity index (χ0n) is 19.7. The molecule has 0 saturated carbocycles. The molecule has 4 rings (SSSR count). The van der Waals surface area contributed by atoms with Crippen LogP contribution in [0.1, 0.15) is 55.2 Å². The third-order valence-electron chi connectivity index (χ3n) is 6.02. The molecule has 4 aromatic rings. The maximum Gasteiger partial charge on any atom is 0.263 e. The van der Waals surface area contributed by atoms with E-state index in [0.717, 1.165) is 32.8 Å². The van der Waals surface area contributed by atoms with Crippen LogP contribution < -0.4 is 10.9 Å². The Bertz CT molecular complexity index is 1370. The number of benzene rings is 2. The Hall–Kier alpha value is -3.25. The highest BCUT2D eigenvalue weighted by molar-refractivity contribution is 7.19. The first-order valence-corrected chi connectivity index (χ1v) is 12.1. The maximum absolute atomic E-state index is 13.7. The molecule has 1 N–H and O–H groups in total. The first kappa shape index (κ1) is 22.9. The number of rotatable bonds is 6. The van der Waals surface area contributed by atoms with Gasteiger partial charge < -0.3 is 5.32 Å². The van der Waals surface area contributed by atoms with Crippen LogP contribution in [0.2, 0.25) is 0 Å². The van der Waals surface area contributed by atoms with Crippen LogP contribution in [0.15, 0.2) is 59.7 Å². The minimum atomic E-state index is -0.652. The molecule has 1 unspecified atom stereocenters. The summed E-state index contributed by atoms with van der Waals surface area (Å²) in [6.45, 7) is 10.2. The summed E-state index contributed by atoms with van der Waals surface area (Å²) in [5.41, 5.74) is 4.73. The third-order valence-corrected chi connectivity index (χ3v) is 7.03. The van der Waals surface area contributed by atoms with Gasteiger partial charge in [0.1, 0.15) is 10.9 Å². The average Bonchev–Trinajstić information content (AvgIpc) is 3.13. The fourth-order valence-corrected chi connectivity index (χ4v) is 5.25. The first-order chi connectivity index (χ1) is 15.8. The van der Waals surface area contributed by atoms with Crippen molar-refractivity contribution in [1.82, 2.24) is 9.55 Å². The number of carbonyl (C=O) groups is 1. The van der Waals surface area contributed by atoms with E-state index in [0.29, 0.717) is 16.6 Å². The van der Waals surface area contributed by atoms with Crippen LogP contribution in [-0.4, -0.2) is 15.5 Å². The summed E-state index contributed by atoms with van der Waals surface area (Å²) in [6, 6.07) is 15.3. The summed E-state index contributed by atoms with van der Waals surface area (Å²) < 4.78 is 1.49. The van der Waals surface area contributed by atoms with Gasteiger partial charge in [0, 0.05) is 16.1 Å². The molecule has 170 valence electrons. The molecule has 33 heavy (non-hydrogen) atoms. The molecule has 0 aliphatic carbocycles. The molecule has 0 aliphatic heterocycles. The van der Waals surface area contributed by atoms with Gasteiger partial charge in [0.15, 0.2) is 0 Å². The molecule has 0 fully saturated rings. The van der Waals surface area contributed by atoms with E-state index in [2.05, 4.69) is 24.1 Å². The Morgan fingerprint density at radius 2 is 1.79 bits per heavy atom. The molecule has 5 nitrogen and oxygen atoms in total. The van der Waals surface area contributed by atoms with Gasteiger partial charge in [-0.15, -0.1) is 11.3 Å². The van der Waals surface area contributed by atoms with Crippen LogP contribution in [0.4, 0.5) is 5.69 Å². The standard InChI is InChI=1S/C27H29N3O2S/c1-6-22(25(31)29-21-10-8-7-9-20(21)16(2)3)30-15-28-26-24(27(30)32)23(18(5)33-26)19-13-11-17(4)12-14-19/h7-16,22H,6H2,1-5H3,(H,29,31). The van der Waals surface area contributed by atoms with Crippen molar-refractivity contribution in [3.63, 3.8) is 0 Å². The Balaban J connectivity index is 1.78. The normalized spacial score (nSPS) is 12.3. The van der Waals surface area contributed by atoms with Crippen LogP contribution in [0.25, 0.3) is 21.3 Å². The summed E-state index contributed by atoms with van der Waals surface area (Å²) in [5, 5.41) is 3.63. The molecule has 2 aromatic carbocycles. The smallest absolute Gasteiger partial charge is 0.263 e. The Morgan fingerprint density at radius 1 is 1.09 bits per heavy atom. The molecule has 6 heteroatoms. The Morgan fingerprint density at radius 3 is 2.45 bits per heavy atom. The second-order valence-electron chi connectivity index (χ2n) is 8.69. The van der Waals surface area contributed by atoms with Crippen LogP contribution >= 0.6 is 11.3 Å². The molecular formula is C27H29N3O2S. The molecule has 0 saturated heterocycles. The largest absolute Gasteiger partial charge is 0.324 e. The monoisotopic (exact) mass is 459 g/mol. The van der Waals surface area contributed by atoms with Gasteiger partial charge in [-0.25, -0.2) is 4.98 Å². The molecular weight excluding hydrogens is 430 g/mol. The van der Waals surface area contributed by atoms with Crippen molar-refractivity contribution in [3.8, 4) is 11.1 Å². The lowest BCUT2D eigenvalue weighted by molar-refractivity contribution is -0.119. The number of carbonyl (C=O) groups excluding carboxylic acids is 1. The van der Waals surface area contributed by atoms with E-state index in [-0.39, 0.29) is 17.4 Å². The molecule has 0 radical (unpaired) electrons. The van der Waals surface area contributed by atoms with Crippen LogP contribution in [0, 0.1) is 13.8 Å². The van der Waals surface area contributed by atoms with Gasteiger partial charge in [-0.2, -0.15) is 0 Å². The summed E-state index contributed by atoms with van der Waals surface area (Å²) in [5.74, 6) is 0.0610. The van der Waals surface area contributed by atoms with E-state index in [1.165, 1.54) is 22.2 Å². The number of aryl methyl sites for hydroxylation is 2. The maximum atomic E-state index is 13.7.